The van der Waals surface area contributed by atoms with Gasteiger partial charge < -0.3 is 5.32 Å². The largest absolute Gasteiger partial charge is 0.333 e. The molecule has 2 amide bonds. The van der Waals surface area contributed by atoms with Gasteiger partial charge in [0.15, 0.2) is 0 Å². The number of rotatable bonds is 2. The fourth-order valence-corrected chi connectivity index (χ4v) is 1.25. The van der Waals surface area contributed by atoms with Crippen LogP contribution in [-0.4, -0.2) is 16.6 Å². The van der Waals surface area contributed by atoms with Gasteiger partial charge in [-0.3, -0.25) is 5.32 Å². The third-order valence-corrected chi connectivity index (χ3v) is 1.96. The quantitative estimate of drug-likeness (QED) is 0.844. The van der Waals surface area contributed by atoms with E-state index in [0.717, 1.165) is 12.0 Å². The lowest BCUT2D eigenvalue weighted by molar-refractivity contribution is 0.243. The summed E-state index contributed by atoms with van der Waals surface area (Å²) in [7, 11) is 0. The summed E-state index contributed by atoms with van der Waals surface area (Å²) in [6, 6.07) is 3.59. The zero-order valence-electron chi connectivity index (χ0n) is 12.3. The SMILES string of the molecule is CC.CCc1ccnc(NC(=O)NC(C)(C)C)c1. The Balaban J connectivity index is 0.00000137. The van der Waals surface area contributed by atoms with Gasteiger partial charge in [-0.25, -0.2) is 9.78 Å². The van der Waals surface area contributed by atoms with Gasteiger partial charge in [-0.1, -0.05) is 20.8 Å². The minimum atomic E-state index is -0.244. The summed E-state index contributed by atoms with van der Waals surface area (Å²) < 4.78 is 0. The minimum absolute atomic E-state index is 0.228. The predicted molar refractivity (Wildman–Crippen MR) is 76.9 cm³/mol. The number of amides is 2. The molecule has 18 heavy (non-hydrogen) atoms. The van der Waals surface area contributed by atoms with Crippen molar-refractivity contribution in [2.45, 2.75) is 53.5 Å². The van der Waals surface area contributed by atoms with Crippen molar-refractivity contribution in [1.29, 1.82) is 0 Å². The van der Waals surface area contributed by atoms with Crippen LogP contribution >= 0.6 is 0 Å². The van der Waals surface area contributed by atoms with Gasteiger partial charge in [-0.2, -0.15) is 0 Å². The van der Waals surface area contributed by atoms with Crippen molar-refractivity contribution in [1.82, 2.24) is 10.3 Å². The van der Waals surface area contributed by atoms with E-state index in [0.29, 0.717) is 5.82 Å². The molecule has 102 valence electrons. The Morgan fingerprint density at radius 1 is 1.33 bits per heavy atom. The molecule has 0 aliphatic heterocycles. The summed E-state index contributed by atoms with van der Waals surface area (Å²) in [5, 5.41) is 5.53. The van der Waals surface area contributed by atoms with E-state index in [4.69, 9.17) is 0 Å². The molecule has 0 atom stereocenters. The van der Waals surface area contributed by atoms with E-state index in [1.165, 1.54) is 0 Å². The van der Waals surface area contributed by atoms with E-state index in [1.54, 1.807) is 6.20 Å². The van der Waals surface area contributed by atoms with Crippen LogP contribution in [0.4, 0.5) is 10.6 Å². The summed E-state index contributed by atoms with van der Waals surface area (Å²) in [5.41, 5.74) is 0.910. The van der Waals surface area contributed by atoms with Crippen LogP contribution in [0.2, 0.25) is 0 Å². The van der Waals surface area contributed by atoms with E-state index < -0.39 is 0 Å². The summed E-state index contributed by atoms with van der Waals surface area (Å²) in [6.07, 6.45) is 2.63. The van der Waals surface area contributed by atoms with Crippen LogP contribution in [-0.2, 0) is 6.42 Å². The first kappa shape index (κ1) is 16.4. The van der Waals surface area contributed by atoms with Gasteiger partial charge in [0.25, 0.3) is 0 Å². The number of aromatic nitrogens is 1. The molecule has 0 saturated carbocycles. The summed E-state index contributed by atoms with van der Waals surface area (Å²) >= 11 is 0. The normalized spacial score (nSPS) is 10.1. The number of carbonyl (C=O) groups is 1. The first-order valence-electron chi connectivity index (χ1n) is 6.45. The molecule has 0 saturated heterocycles. The minimum Gasteiger partial charge on any atom is -0.333 e. The maximum Gasteiger partial charge on any atom is 0.320 e. The molecule has 0 spiro atoms. The number of nitrogens with one attached hydrogen (secondary N) is 2. The van der Waals surface area contributed by atoms with Gasteiger partial charge in [0.05, 0.1) is 0 Å². The van der Waals surface area contributed by atoms with Crippen LogP contribution in [0.3, 0.4) is 0 Å². The molecule has 4 heteroatoms. The van der Waals surface area contributed by atoms with Gasteiger partial charge in [0, 0.05) is 11.7 Å². The topological polar surface area (TPSA) is 54.0 Å². The second-order valence-corrected chi connectivity index (χ2v) is 4.73. The second-order valence-electron chi connectivity index (χ2n) is 4.73. The lowest BCUT2D eigenvalue weighted by Crippen LogP contribution is -2.43. The summed E-state index contributed by atoms with van der Waals surface area (Å²) in [5.74, 6) is 0.584. The highest BCUT2D eigenvalue weighted by atomic mass is 16.2. The number of urea groups is 1. The van der Waals surface area contributed by atoms with Crippen LogP contribution in [0.5, 0.6) is 0 Å². The smallest absolute Gasteiger partial charge is 0.320 e. The molecule has 0 aliphatic carbocycles. The Hall–Kier alpha value is -1.58. The number of pyridine rings is 1. The number of aryl methyl sites for hydroxylation is 1. The Kier molecular flexibility index (Phi) is 7.01. The molecule has 2 N–H and O–H groups in total. The predicted octanol–water partition coefficient (Wildman–Crippen LogP) is 3.59. The third-order valence-electron chi connectivity index (χ3n) is 1.96. The van der Waals surface area contributed by atoms with Crippen LogP contribution in [0, 0.1) is 0 Å². The number of anilines is 1. The molecular weight excluding hydrogens is 226 g/mol. The lowest BCUT2D eigenvalue weighted by Gasteiger charge is -2.20. The highest BCUT2D eigenvalue weighted by Gasteiger charge is 2.13. The highest BCUT2D eigenvalue weighted by molar-refractivity contribution is 5.88. The van der Waals surface area contributed by atoms with Crippen LogP contribution in [0.25, 0.3) is 0 Å². The van der Waals surface area contributed by atoms with Gasteiger partial charge in [-0.15, -0.1) is 0 Å². The van der Waals surface area contributed by atoms with Gasteiger partial charge in [0.1, 0.15) is 5.82 Å². The molecule has 1 aromatic heterocycles. The molecule has 0 unspecified atom stereocenters. The number of carbonyl (C=O) groups excluding carboxylic acids is 1. The molecule has 4 nitrogen and oxygen atoms in total. The monoisotopic (exact) mass is 251 g/mol. The molecule has 1 aromatic rings. The number of hydrogen-bond acceptors (Lipinski definition) is 2. The van der Waals surface area contributed by atoms with Crippen molar-refractivity contribution >= 4 is 11.8 Å². The first-order valence-corrected chi connectivity index (χ1v) is 6.45. The molecule has 0 radical (unpaired) electrons. The number of nitrogens with zero attached hydrogens (tertiary/aromatic N) is 1. The number of hydrogen-bond donors (Lipinski definition) is 2. The maximum atomic E-state index is 11.6. The van der Waals surface area contributed by atoms with E-state index in [9.17, 15) is 4.79 Å². The molecule has 0 bridgehead atoms. The van der Waals surface area contributed by atoms with Crippen molar-refractivity contribution in [2.24, 2.45) is 0 Å². The lowest BCUT2D eigenvalue weighted by atomic mass is 10.1. The molecule has 0 fully saturated rings. The zero-order chi connectivity index (χ0) is 14.2. The summed E-state index contributed by atoms with van der Waals surface area (Å²) in [6.45, 7) is 11.9. The van der Waals surface area contributed by atoms with Gasteiger partial charge >= 0.3 is 6.03 Å². The first-order chi connectivity index (χ1) is 8.40. The van der Waals surface area contributed by atoms with E-state index in [1.807, 2.05) is 46.8 Å². The Morgan fingerprint density at radius 2 is 1.94 bits per heavy atom. The fraction of sp³-hybridized carbons (Fsp3) is 0.571. The molecule has 0 aliphatic rings. The Labute approximate surface area is 110 Å². The van der Waals surface area contributed by atoms with Crippen LogP contribution in [0.1, 0.15) is 47.1 Å². The average Bonchev–Trinajstić information content (AvgIpc) is 2.29. The van der Waals surface area contributed by atoms with Crippen molar-refractivity contribution in [3.8, 4) is 0 Å². The molecule has 1 rings (SSSR count). The highest BCUT2D eigenvalue weighted by Crippen LogP contribution is 2.07. The third kappa shape index (κ3) is 6.89. The Morgan fingerprint density at radius 3 is 2.44 bits per heavy atom. The fourth-order valence-electron chi connectivity index (χ4n) is 1.25. The molecular formula is C14H25N3O. The van der Waals surface area contributed by atoms with Gasteiger partial charge in [0.2, 0.25) is 0 Å². The van der Waals surface area contributed by atoms with Crippen LogP contribution < -0.4 is 10.6 Å². The van der Waals surface area contributed by atoms with Gasteiger partial charge in [-0.05, 0) is 44.9 Å². The van der Waals surface area contributed by atoms with Crippen molar-refractivity contribution < 1.29 is 4.79 Å². The molecule has 1 heterocycles. The average molecular weight is 251 g/mol. The second kappa shape index (κ2) is 7.69. The summed E-state index contributed by atoms with van der Waals surface area (Å²) in [4.78, 5) is 15.7. The zero-order valence-corrected chi connectivity index (χ0v) is 12.3. The standard InChI is InChI=1S/C12H19N3O.C2H6/c1-5-9-6-7-13-10(8-9)14-11(16)15-12(2,3)4;1-2/h6-8H,5H2,1-4H3,(H2,13,14,15,16);1-2H3. The van der Waals surface area contributed by atoms with Crippen molar-refractivity contribution in [2.75, 3.05) is 5.32 Å². The van der Waals surface area contributed by atoms with E-state index >= 15 is 0 Å². The van der Waals surface area contributed by atoms with Crippen molar-refractivity contribution in [3.63, 3.8) is 0 Å². The van der Waals surface area contributed by atoms with E-state index in [2.05, 4.69) is 22.5 Å². The maximum absolute atomic E-state index is 11.6. The Bertz CT molecular complexity index is 370. The van der Waals surface area contributed by atoms with E-state index in [-0.39, 0.29) is 11.6 Å². The van der Waals surface area contributed by atoms with Crippen LogP contribution in [0.15, 0.2) is 18.3 Å². The molecule has 0 aromatic carbocycles. The van der Waals surface area contributed by atoms with Crippen molar-refractivity contribution in [3.05, 3.63) is 23.9 Å².